The van der Waals surface area contributed by atoms with Crippen molar-refractivity contribution in [3.63, 3.8) is 0 Å². The first-order valence-corrected chi connectivity index (χ1v) is 16.6. The van der Waals surface area contributed by atoms with Crippen LogP contribution in [0.1, 0.15) is 64.0 Å². The summed E-state index contributed by atoms with van der Waals surface area (Å²) in [6, 6.07) is 10.1. The third kappa shape index (κ3) is 13.9. The van der Waals surface area contributed by atoms with Crippen LogP contribution in [0.15, 0.2) is 42.5 Å². The van der Waals surface area contributed by atoms with Crippen molar-refractivity contribution in [1.82, 2.24) is 20.1 Å². The quantitative estimate of drug-likeness (QED) is 0.276. The predicted octanol–water partition coefficient (Wildman–Crippen LogP) is 4.49. The van der Waals surface area contributed by atoms with E-state index in [2.05, 4.69) is 42.1 Å². The zero-order valence-electron chi connectivity index (χ0n) is 30.1. The summed E-state index contributed by atoms with van der Waals surface area (Å²) in [5, 5.41) is 5.36. The third-order valence-electron chi connectivity index (χ3n) is 7.13. The van der Waals surface area contributed by atoms with Crippen molar-refractivity contribution in [2.24, 2.45) is 17.6 Å². The van der Waals surface area contributed by atoms with Gasteiger partial charge in [0.1, 0.15) is 11.6 Å². The van der Waals surface area contributed by atoms with Crippen molar-refractivity contribution < 1.29 is 37.5 Å². The number of nitrogens with one attached hydrogen (secondary N) is 3. The number of carbonyl (C=O) groups excluding carboxylic acids is 5. The number of H-pyrrole nitrogens is 1. The molecular weight excluding hydrogens is 650 g/mol. The lowest BCUT2D eigenvalue weighted by Crippen LogP contribution is -2.40. The van der Waals surface area contributed by atoms with Crippen molar-refractivity contribution in [1.29, 1.82) is 0 Å². The SMILES string of the molecule is CC.CC(C)C.CC1CC(C(=O)Nc2ccc(C(=O)N3CCOCC3)cc2)CN1C(=O)Cc1cc2c(F)cc(F)cc2[nH]1.CNC=O.NC=O. The van der Waals surface area contributed by atoms with Gasteiger partial charge in [0, 0.05) is 61.1 Å². The summed E-state index contributed by atoms with van der Waals surface area (Å²) in [4.78, 5) is 62.4. The number of benzene rings is 2. The van der Waals surface area contributed by atoms with Crippen molar-refractivity contribution in [2.45, 2.75) is 60.4 Å². The van der Waals surface area contributed by atoms with Crippen LogP contribution >= 0.6 is 0 Å². The fourth-order valence-electron chi connectivity index (χ4n) is 5.04. The molecule has 50 heavy (non-hydrogen) atoms. The van der Waals surface area contributed by atoms with Crippen molar-refractivity contribution in [3.05, 3.63) is 65.4 Å². The molecule has 0 radical (unpaired) electrons. The Morgan fingerprint density at radius 3 is 2.14 bits per heavy atom. The van der Waals surface area contributed by atoms with E-state index >= 15 is 0 Å². The highest BCUT2D eigenvalue weighted by atomic mass is 19.1. The highest BCUT2D eigenvalue weighted by molar-refractivity contribution is 5.97. The number of likely N-dealkylation sites (tertiary alicyclic amines) is 1. The lowest BCUT2D eigenvalue weighted by atomic mass is 10.1. The van der Waals surface area contributed by atoms with Gasteiger partial charge in [-0.15, -0.1) is 0 Å². The average Bonchev–Trinajstić information content (AvgIpc) is 3.69. The van der Waals surface area contributed by atoms with Gasteiger partial charge in [0.2, 0.25) is 24.6 Å². The van der Waals surface area contributed by atoms with Crippen LogP contribution in [0.3, 0.4) is 0 Å². The molecule has 2 aliphatic rings. The van der Waals surface area contributed by atoms with Gasteiger partial charge in [-0.1, -0.05) is 34.6 Å². The number of nitrogens with zero attached hydrogens (tertiary/aromatic N) is 2. The van der Waals surface area contributed by atoms with Crippen molar-refractivity contribution in [3.8, 4) is 0 Å². The number of amides is 5. The monoisotopic (exact) mass is 702 g/mol. The Morgan fingerprint density at radius 1 is 1.04 bits per heavy atom. The van der Waals surface area contributed by atoms with Crippen LogP contribution in [-0.4, -0.2) is 91.3 Å². The highest BCUT2D eigenvalue weighted by Gasteiger charge is 2.36. The maximum Gasteiger partial charge on any atom is 0.254 e. The fourth-order valence-corrected chi connectivity index (χ4v) is 5.04. The molecule has 2 aromatic carbocycles. The third-order valence-corrected chi connectivity index (χ3v) is 7.13. The predicted molar refractivity (Wildman–Crippen MR) is 190 cm³/mol. The van der Waals surface area contributed by atoms with E-state index in [4.69, 9.17) is 14.3 Å². The maximum atomic E-state index is 14.0. The molecule has 276 valence electrons. The van der Waals surface area contributed by atoms with Crippen LogP contribution in [0.5, 0.6) is 0 Å². The Balaban J connectivity index is 0.000000837. The Morgan fingerprint density at radius 2 is 1.60 bits per heavy atom. The number of anilines is 1. The molecule has 0 spiro atoms. The molecule has 3 heterocycles. The summed E-state index contributed by atoms with van der Waals surface area (Å²) in [5.41, 5.74) is 6.07. The molecule has 0 aliphatic carbocycles. The molecule has 12 nitrogen and oxygen atoms in total. The molecule has 3 aromatic rings. The Bertz CT molecular complexity index is 1510. The van der Waals surface area contributed by atoms with Gasteiger partial charge >= 0.3 is 0 Å². The van der Waals surface area contributed by atoms with E-state index in [0.29, 0.717) is 61.6 Å². The zero-order valence-corrected chi connectivity index (χ0v) is 30.1. The number of aromatic nitrogens is 1. The number of hydrogen-bond acceptors (Lipinski definition) is 6. The smallest absolute Gasteiger partial charge is 0.254 e. The normalized spacial score (nSPS) is 16.2. The van der Waals surface area contributed by atoms with Crippen LogP contribution in [0, 0.1) is 23.5 Å². The van der Waals surface area contributed by atoms with Crippen molar-refractivity contribution in [2.75, 3.05) is 45.2 Å². The second kappa shape index (κ2) is 22.7. The van der Waals surface area contributed by atoms with Gasteiger partial charge in [0.15, 0.2) is 0 Å². The van der Waals surface area contributed by atoms with Gasteiger partial charge in [-0.2, -0.15) is 0 Å². The number of morpholine rings is 1. The summed E-state index contributed by atoms with van der Waals surface area (Å²) >= 11 is 0. The molecule has 5 amide bonds. The number of hydrogen-bond donors (Lipinski definition) is 4. The van der Waals surface area contributed by atoms with Crippen molar-refractivity contribution >= 4 is 47.1 Å². The molecule has 2 unspecified atom stereocenters. The second-order valence-electron chi connectivity index (χ2n) is 11.9. The van der Waals surface area contributed by atoms with E-state index in [9.17, 15) is 23.2 Å². The van der Waals surface area contributed by atoms with E-state index in [1.54, 1.807) is 41.1 Å². The van der Waals surface area contributed by atoms with Crippen LogP contribution in [-0.2, 0) is 30.3 Å². The fraction of sp³-hybridized carbons (Fsp3) is 0.472. The molecule has 2 fully saturated rings. The first kappa shape index (κ1) is 43.2. The maximum absolute atomic E-state index is 14.0. The second-order valence-corrected chi connectivity index (χ2v) is 11.9. The minimum Gasteiger partial charge on any atom is -0.378 e. The summed E-state index contributed by atoms with van der Waals surface area (Å²) in [5.74, 6) is -1.38. The number of fused-ring (bicyclic) bond motifs is 1. The van der Waals surface area contributed by atoms with Crippen LogP contribution in [0.25, 0.3) is 10.9 Å². The Labute approximate surface area is 293 Å². The number of primary amides is 1. The van der Waals surface area contributed by atoms with Gasteiger partial charge < -0.3 is 35.9 Å². The Kier molecular flexibility index (Phi) is 19.6. The first-order chi connectivity index (χ1) is 23.8. The van der Waals surface area contributed by atoms with E-state index in [1.165, 1.54) is 12.1 Å². The molecule has 5 rings (SSSR count). The van der Waals surface area contributed by atoms with E-state index in [0.717, 1.165) is 12.0 Å². The highest BCUT2D eigenvalue weighted by Crippen LogP contribution is 2.27. The number of halogens is 2. The summed E-state index contributed by atoms with van der Waals surface area (Å²) in [6.07, 6.45) is 1.38. The molecule has 1 aromatic heterocycles. The molecular formula is C36H52F2N6O6. The van der Waals surface area contributed by atoms with Gasteiger partial charge in [0.25, 0.3) is 5.91 Å². The first-order valence-electron chi connectivity index (χ1n) is 16.6. The molecule has 14 heteroatoms. The topological polar surface area (TPSA) is 167 Å². The van der Waals surface area contributed by atoms with Gasteiger partial charge in [0.05, 0.1) is 31.1 Å². The van der Waals surface area contributed by atoms with Gasteiger partial charge in [-0.05, 0) is 55.7 Å². The molecule has 2 atom stereocenters. The number of rotatable bonds is 6. The standard InChI is InChI=1S/C27H28F2N4O4.C4H10.C2H5NO.C2H6.CH3NO/c1-16-10-18(15-33(16)25(34)14-21-13-22-23(29)11-19(28)12-24(22)30-21)26(35)31-20-4-2-17(3-5-20)27(36)32-6-8-37-9-7-32;1-4(2)3;1-3-2-4;1-2;2-1-3/h2-5,11-13,16,18,30H,6-10,14-15H2,1H3,(H,31,35);4H,1-3H3;2H,1H3,(H,3,4);1-2H3;1H,(H2,2,3). The van der Waals surface area contributed by atoms with Gasteiger partial charge in [-0.25, -0.2) is 8.78 Å². The zero-order chi connectivity index (χ0) is 37.8. The summed E-state index contributed by atoms with van der Waals surface area (Å²) < 4.78 is 32.8. The van der Waals surface area contributed by atoms with Crippen LogP contribution in [0.2, 0.25) is 0 Å². The minimum absolute atomic E-state index is 0.00689. The molecule has 0 saturated carbocycles. The molecule has 0 bridgehead atoms. The Hall–Kier alpha value is -4.85. The molecule has 2 aliphatic heterocycles. The average molecular weight is 703 g/mol. The number of ether oxygens (including phenoxy) is 1. The largest absolute Gasteiger partial charge is 0.378 e. The summed E-state index contributed by atoms with van der Waals surface area (Å²) in [6.45, 7) is 14.8. The number of aromatic amines is 1. The number of carbonyl (C=O) groups is 5. The van der Waals surface area contributed by atoms with E-state index in [-0.39, 0.29) is 54.4 Å². The summed E-state index contributed by atoms with van der Waals surface area (Å²) in [7, 11) is 1.56. The minimum atomic E-state index is -0.690. The van der Waals surface area contributed by atoms with Crippen LogP contribution < -0.4 is 16.4 Å². The lowest BCUT2D eigenvalue weighted by molar-refractivity contribution is -0.131. The number of nitrogens with two attached hydrogens (primary N) is 1. The van der Waals surface area contributed by atoms with E-state index in [1.807, 2.05) is 20.8 Å². The molecule has 5 N–H and O–H groups in total. The lowest BCUT2D eigenvalue weighted by Gasteiger charge is -2.26. The van der Waals surface area contributed by atoms with E-state index < -0.39 is 11.6 Å². The van der Waals surface area contributed by atoms with Crippen LogP contribution in [0.4, 0.5) is 14.5 Å². The van der Waals surface area contributed by atoms with Gasteiger partial charge in [-0.3, -0.25) is 24.0 Å². The molecule has 2 saturated heterocycles.